The second-order valence-corrected chi connectivity index (χ2v) is 8.33. The highest BCUT2D eigenvalue weighted by Gasteiger charge is 2.33. The van der Waals surface area contributed by atoms with E-state index in [0.717, 1.165) is 0 Å². The van der Waals surface area contributed by atoms with Gasteiger partial charge in [-0.2, -0.15) is 4.31 Å². The van der Waals surface area contributed by atoms with E-state index in [4.69, 9.17) is 21.1 Å². The Morgan fingerprint density at radius 3 is 2.65 bits per heavy atom. The number of amides is 1. The number of halogens is 1. The van der Waals surface area contributed by atoms with Crippen molar-refractivity contribution in [1.29, 1.82) is 0 Å². The summed E-state index contributed by atoms with van der Waals surface area (Å²) in [6.45, 7) is 3.61. The summed E-state index contributed by atoms with van der Waals surface area (Å²) in [5.41, 5.74) is 0. The highest BCUT2D eigenvalue weighted by Crippen LogP contribution is 2.32. The smallest absolute Gasteiger partial charge is 0.246 e. The SMILES string of the molecule is CCOc1ccc(Cl)cc1S(=O)(=O)N1CCC(C(=O)NCCOC)CC1. The number of piperidine rings is 1. The normalized spacial score (nSPS) is 16.4. The van der Waals surface area contributed by atoms with Crippen LogP contribution in [0.15, 0.2) is 23.1 Å². The average molecular weight is 405 g/mol. The van der Waals surface area contributed by atoms with E-state index < -0.39 is 10.0 Å². The number of carbonyl (C=O) groups excluding carboxylic acids is 1. The van der Waals surface area contributed by atoms with Gasteiger partial charge in [0.25, 0.3) is 0 Å². The predicted octanol–water partition coefficient (Wildman–Crippen LogP) is 1.90. The van der Waals surface area contributed by atoms with Crippen molar-refractivity contribution in [2.45, 2.75) is 24.7 Å². The molecule has 7 nitrogen and oxygen atoms in total. The Kier molecular flexibility index (Phi) is 7.69. The number of methoxy groups -OCH3 is 1. The predicted molar refractivity (Wildman–Crippen MR) is 99.0 cm³/mol. The molecule has 0 aromatic heterocycles. The molecule has 0 atom stereocenters. The largest absolute Gasteiger partial charge is 0.492 e. The zero-order valence-corrected chi connectivity index (χ0v) is 16.6. The summed E-state index contributed by atoms with van der Waals surface area (Å²) in [7, 11) is -2.16. The van der Waals surface area contributed by atoms with Crippen molar-refractivity contribution in [3.8, 4) is 5.75 Å². The van der Waals surface area contributed by atoms with Gasteiger partial charge in [-0.1, -0.05) is 11.6 Å². The van der Waals surface area contributed by atoms with Crippen LogP contribution in [0, 0.1) is 5.92 Å². The third-order valence-corrected chi connectivity index (χ3v) is 6.41. The van der Waals surface area contributed by atoms with Crippen LogP contribution in [0.1, 0.15) is 19.8 Å². The summed E-state index contributed by atoms with van der Waals surface area (Å²) in [6.07, 6.45) is 0.950. The van der Waals surface area contributed by atoms with Crippen LogP contribution >= 0.6 is 11.6 Å². The maximum atomic E-state index is 13.0. The Labute approximate surface area is 159 Å². The van der Waals surface area contributed by atoms with Gasteiger partial charge >= 0.3 is 0 Å². The lowest BCUT2D eigenvalue weighted by molar-refractivity contribution is -0.126. The minimum Gasteiger partial charge on any atom is -0.492 e. The van der Waals surface area contributed by atoms with Crippen LogP contribution < -0.4 is 10.1 Å². The van der Waals surface area contributed by atoms with E-state index in [1.165, 1.54) is 10.4 Å². The maximum Gasteiger partial charge on any atom is 0.246 e. The molecule has 1 amide bonds. The molecular formula is C17H25ClN2O5S. The molecule has 2 rings (SSSR count). The Morgan fingerprint density at radius 1 is 1.35 bits per heavy atom. The fourth-order valence-electron chi connectivity index (χ4n) is 2.88. The van der Waals surface area contributed by atoms with Crippen molar-refractivity contribution in [1.82, 2.24) is 9.62 Å². The van der Waals surface area contributed by atoms with Gasteiger partial charge in [-0.05, 0) is 38.0 Å². The van der Waals surface area contributed by atoms with Crippen LogP contribution in [0.2, 0.25) is 5.02 Å². The summed E-state index contributed by atoms with van der Waals surface area (Å²) in [4.78, 5) is 12.2. The fraction of sp³-hybridized carbons (Fsp3) is 0.588. The van der Waals surface area contributed by atoms with Crippen LogP contribution in [-0.2, 0) is 19.6 Å². The summed E-state index contributed by atoms with van der Waals surface area (Å²) in [5, 5.41) is 3.14. The van der Waals surface area contributed by atoms with E-state index in [2.05, 4.69) is 5.32 Å². The van der Waals surface area contributed by atoms with Gasteiger partial charge in [0.2, 0.25) is 15.9 Å². The molecule has 0 aliphatic carbocycles. The maximum absolute atomic E-state index is 13.0. The van der Waals surface area contributed by atoms with E-state index >= 15 is 0 Å². The molecular weight excluding hydrogens is 380 g/mol. The zero-order valence-electron chi connectivity index (χ0n) is 15.0. The molecule has 9 heteroatoms. The van der Waals surface area contributed by atoms with Crippen LogP contribution in [0.4, 0.5) is 0 Å². The Bertz CT molecular complexity index is 718. The van der Waals surface area contributed by atoms with Gasteiger partial charge in [0, 0.05) is 37.7 Å². The molecule has 0 radical (unpaired) electrons. The van der Waals surface area contributed by atoms with E-state index in [1.807, 2.05) is 0 Å². The molecule has 146 valence electrons. The van der Waals surface area contributed by atoms with Crippen LogP contribution in [-0.4, -0.2) is 58.6 Å². The van der Waals surface area contributed by atoms with Gasteiger partial charge in [-0.3, -0.25) is 4.79 Å². The highest BCUT2D eigenvalue weighted by atomic mass is 35.5. The number of benzene rings is 1. The first-order chi connectivity index (χ1) is 12.4. The van der Waals surface area contributed by atoms with Crippen molar-refractivity contribution in [3.63, 3.8) is 0 Å². The summed E-state index contributed by atoms with van der Waals surface area (Å²) in [5.74, 6) is 0.0391. The van der Waals surface area contributed by atoms with Gasteiger partial charge in [0.1, 0.15) is 10.6 Å². The van der Waals surface area contributed by atoms with E-state index in [9.17, 15) is 13.2 Å². The molecule has 0 saturated carbocycles. The second-order valence-electron chi connectivity index (χ2n) is 5.99. The molecule has 0 bridgehead atoms. The molecule has 1 aromatic carbocycles. The van der Waals surface area contributed by atoms with E-state index in [-0.39, 0.29) is 35.6 Å². The molecule has 1 fully saturated rings. The molecule has 1 aromatic rings. The molecule has 1 aliphatic rings. The minimum absolute atomic E-state index is 0.0585. The third kappa shape index (κ3) is 5.09. The lowest BCUT2D eigenvalue weighted by atomic mass is 9.97. The molecule has 1 saturated heterocycles. The number of hydrogen-bond donors (Lipinski definition) is 1. The van der Waals surface area contributed by atoms with Gasteiger partial charge in [-0.15, -0.1) is 0 Å². The van der Waals surface area contributed by atoms with Crippen LogP contribution in [0.3, 0.4) is 0 Å². The molecule has 1 N–H and O–H groups in total. The van der Waals surface area contributed by atoms with Gasteiger partial charge in [0.05, 0.1) is 13.2 Å². The topological polar surface area (TPSA) is 84.9 Å². The number of carbonyl (C=O) groups is 1. The third-order valence-electron chi connectivity index (χ3n) is 4.25. The van der Waals surface area contributed by atoms with Gasteiger partial charge < -0.3 is 14.8 Å². The van der Waals surface area contributed by atoms with Crippen molar-refractivity contribution < 1.29 is 22.7 Å². The van der Waals surface area contributed by atoms with Crippen molar-refractivity contribution >= 4 is 27.5 Å². The van der Waals surface area contributed by atoms with Crippen molar-refractivity contribution in [2.75, 3.05) is 40.0 Å². The van der Waals surface area contributed by atoms with Gasteiger partial charge in [0.15, 0.2) is 0 Å². The first-order valence-electron chi connectivity index (χ1n) is 8.59. The molecule has 26 heavy (non-hydrogen) atoms. The number of rotatable bonds is 8. The van der Waals surface area contributed by atoms with Crippen LogP contribution in [0.25, 0.3) is 0 Å². The first kappa shape index (κ1) is 21.0. The Morgan fingerprint density at radius 2 is 2.04 bits per heavy atom. The Balaban J connectivity index is 2.06. The molecule has 0 spiro atoms. The van der Waals surface area contributed by atoms with Crippen molar-refractivity contribution in [2.24, 2.45) is 5.92 Å². The van der Waals surface area contributed by atoms with E-state index in [1.54, 1.807) is 26.2 Å². The summed E-state index contributed by atoms with van der Waals surface area (Å²) in [6, 6.07) is 4.57. The van der Waals surface area contributed by atoms with E-state index in [0.29, 0.717) is 37.6 Å². The Hall–Kier alpha value is -1.35. The lowest BCUT2D eigenvalue weighted by Gasteiger charge is -2.31. The summed E-state index contributed by atoms with van der Waals surface area (Å²) >= 11 is 5.99. The zero-order chi connectivity index (χ0) is 19.2. The standard InChI is InChI=1S/C17H25ClN2O5S/c1-3-25-15-5-4-14(18)12-16(15)26(22,23)20-9-6-13(7-10-20)17(21)19-8-11-24-2/h4-5,12-13H,3,6-11H2,1-2H3,(H,19,21). The minimum atomic E-state index is -3.74. The monoisotopic (exact) mass is 404 g/mol. The number of sulfonamides is 1. The molecule has 1 aliphatic heterocycles. The highest BCUT2D eigenvalue weighted by molar-refractivity contribution is 7.89. The lowest BCUT2D eigenvalue weighted by Crippen LogP contribution is -2.43. The average Bonchev–Trinajstić information content (AvgIpc) is 2.63. The number of nitrogens with one attached hydrogen (secondary N) is 1. The summed E-state index contributed by atoms with van der Waals surface area (Å²) < 4.78 is 37.7. The quantitative estimate of drug-likeness (QED) is 0.669. The number of hydrogen-bond acceptors (Lipinski definition) is 5. The molecule has 0 unspecified atom stereocenters. The second kappa shape index (κ2) is 9.55. The van der Waals surface area contributed by atoms with Gasteiger partial charge in [-0.25, -0.2) is 8.42 Å². The first-order valence-corrected chi connectivity index (χ1v) is 10.4. The van der Waals surface area contributed by atoms with Crippen LogP contribution in [0.5, 0.6) is 5.75 Å². The molecule has 1 heterocycles. The number of nitrogens with zero attached hydrogens (tertiary/aromatic N) is 1. The fourth-order valence-corrected chi connectivity index (χ4v) is 4.74. The van der Waals surface area contributed by atoms with Crippen molar-refractivity contribution in [3.05, 3.63) is 23.2 Å². The number of ether oxygens (including phenoxy) is 2.